The number of aromatic nitrogens is 3. The number of nitrogens with zero attached hydrogens (tertiary/aromatic N) is 3. The van der Waals surface area contributed by atoms with Gasteiger partial charge in [-0.2, -0.15) is 0 Å². The summed E-state index contributed by atoms with van der Waals surface area (Å²) in [4.78, 5) is 25.6. The first kappa shape index (κ1) is 22.9. The van der Waals surface area contributed by atoms with Crippen molar-refractivity contribution in [2.45, 2.75) is 46.2 Å². The van der Waals surface area contributed by atoms with Crippen molar-refractivity contribution >= 4 is 34.5 Å². The van der Waals surface area contributed by atoms with Crippen molar-refractivity contribution in [2.75, 3.05) is 18.1 Å². The average Bonchev–Trinajstić information content (AvgIpc) is 2.68. The second kappa shape index (κ2) is 9.18. The third-order valence-electron chi connectivity index (χ3n) is 4.93. The minimum atomic E-state index is -0.480. The fourth-order valence-electron chi connectivity index (χ4n) is 3.18. The molecule has 0 fully saturated rings. The monoisotopic (exact) mass is 441 g/mol. The van der Waals surface area contributed by atoms with Crippen LogP contribution in [0.4, 0.5) is 14.9 Å². The van der Waals surface area contributed by atoms with Gasteiger partial charge in [-0.25, -0.2) is 24.1 Å². The number of carbonyl (C=O) groups excluding carboxylic acids is 1. The summed E-state index contributed by atoms with van der Waals surface area (Å²) < 4.78 is 14.6. The number of urea groups is 1. The molecule has 0 spiro atoms. The van der Waals surface area contributed by atoms with Gasteiger partial charge in [0, 0.05) is 29.4 Å². The SMILES string of the molecule is CSc1ncc2cc(-c3cc(NC(=O)NCCC(C)(C)C)c(F)cc3C)c(C)nc2n1. The molecule has 2 amide bonds. The van der Waals surface area contributed by atoms with Crippen molar-refractivity contribution in [1.82, 2.24) is 20.3 Å². The molecule has 2 heterocycles. The highest BCUT2D eigenvalue weighted by Gasteiger charge is 2.16. The van der Waals surface area contributed by atoms with Gasteiger partial charge in [0.25, 0.3) is 0 Å². The van der Waals surface area contributed by atoms with E-state index in [1.807, 2.05) is 26.2 Å². The number of thioether (sulfide) groups is 1. The Bertz CT molecular complexity index is 1130. The summed E-state index contributed by atoms with van der Waals surface area (Å²) >= 11 is 1.46. The van der Waals surface area contributed by atoms with E-state index in [0.717, 1.165) is 34.2 Å². The second-order valence-electron chi connectivity index (χ2n) is 8.73. The standard InChI is InChI=1S/C23H28FN5OS/c1-13-9-18(24)19(28-21(30)25-8-7-23(3,4)5)11-16(13)17-10-15-12-26-22(31-6)29-20(15)27-14(17)2/h9-12H,7-8H2,1-6H3,(H2,25,28,30). The zero-order valence-corrected chi connectivity index (χ0v) is 19.6. The van der Waals surface area contributed by atoms with E-state index in [2.05, 4.69) is 46.4 Å². The largest absolute Gasteiger partial charge is 0.338 e. The van der Waals surface area contributed by atoms with E-state index in [4.69, 9.17) is 0 Å². The maximum absolute atomic E-state index is 14.6. The lowest BCUT2D eigenvalue weighted by Gasteiger charge is -2.18. The molecule has 1 aromatic carbocycles. The lowest BCUT2D eigenvalue weighted by atomic mass is 9.92. The Balaban J connectivity index is 1.90. The molecule has 0 saturated heterocycles. The van der Waals surface area contributed by atoms with Crippen molar-refractivity contribution in [3.05, 3.63) is 41.5 Å². The molecule has 0 bridgehead atoms. The number of halogens is 1. The maximum Gasteiger partial charge on any atom is 0.319 e. The summed E-state index contributed by atoms with van der Waals surface area (Å²) in [6.07, 6.45) is 4.48. The topological polar surface area (TPSA) is 79.8 Å². The second-order valence-corrected chi connectivity index (χ2v) is 9.50. The molecule has 31 heavy (non-hydrogen) atoms. The van der Waals surface area contributed by atoms with Crippen LogP contribution < -0.4 is 10.6 Å². The maximum atomic E-state index is 14.6. The molecule has 3 rings (SSSR count). The Morgan fingerprint density at radius 3 is 2.55 bits per heavy atom. The zero-order valence-electron chi connectivity index (χ0n) is 18.8. The Morgan fingerprint density at radius 2 is 1.87 bits per heavy atom. The van der Waals surface area contributed by atoms with Crippen LogP contribution in [0.15, 0.2) is 29.6 Å². The van der Waals surface area contributed by atoms with Crippen LogP contribution in [0.25, 0.3) is 22.2 Å². The fraction of sp³-hybridized carbons (Fsp3) is 0.391. The highest BCUT2D eigenvalue weighted by atomic mass is 32.2. The third-order valence-corrected chi connectivity index (χ3v) is 5.49. The number of aryl methyl sites for hydroxylation is 2. The number of fused-ring (bicyclic) bond motifs is 1. The van der Waals surface area contributed by atoms with Crippen LogP contribution in [0.2, 0.25) is 0 Å². The predicted octanol–water partition coefficient (Wildman–Crippen LogP) is 5.73. The van der Waals surface area contributed by atoms with Gasteiger partial charge in [-0.3, -0.25) is 0 Å². The van der Waals surface area contributed by atoms with Crippen LogP contribution in [0.5, 0.6) is 0 Å². The first-order chi connectivity index (χ1) is 14.6. The Kier molecular flexibility index (Phi) is 6.79. The summed E-state index contributed by atoms with van der Waals surface area (Å²) in [7, 11) is 0. The minimum absolute atomic E-state index is 0.108. The molecule has 2 aromatic heterocycles. The third kappa shape index (κ3) is 5.70. The number of hydrogen-bond acceptors (Lipinski definition) is 5. The van der Waals surface area contributed by atoms with Gasteiger partial charge in [-0.05, 0) is 61.3 Å². The molecule has 0 aliphatic heterocycles. The quantitative estimate of drug-likeness (QED) is 0.391. The van der Waals surface area contributed by atoms with Crippen LogP contribution in [-0.2, 0) is 0 Å². The van der Waals surface area contributed by atoms with Gasteiger partial charge in [0.15, 0.2) is 10.8 Å². The number of hydrogen-bond donors (Lipinski definition) is 2. The molecule has 0 aliphatic rings. The molecule has 6 nitrogen and oxygen atoms in total. The molecule has 164 valence electrons. The van der Waals surface area contributed by atoms with E-state index in [0.29, 0.717) is 17.3 Å². The normalized spacial score (nSPS) is 11.6. The summed E-state index contributed by atoms with van der Waals surface area (Å²) in [6.45, 7) is 10.6. The van der Waals surface area contributed by atoms with Crippen LogP contribution in [-0.4, -0.2) is 33.8 Å². The van der Waals surface area contributed by atoms with E-state index in [1.165, 1.54) is 17.8 Å². The molecular formula is C23H28FN5OS. The van der Waals surface area contributed by atoms with Gasteiger partial charge < -0.3 is 10.6 Å². The fourth-order valence-corrected chi connectivity index (χ4v) is 3.52. The zero-order chi connectivity index (χ0) is 22.8. The van der Waals surface area contributed by atoms with Gasteiger partial charge in [0.1, 0.15) is 5.82 Å². The average molecular weight is 442 g/mol. The minimum Gasteiger partial charge on any atom is -0.338 e. The molecule has 8 heteroatoms. The van der Waals surface area contributed by atoms with Gasteiger partial charge >= 0.3 is 6.03 Å². The number of amides is 2. The highest BCUT2D eigenvalue weighted by molar-refractivity contribution is 7.98. The van der Waals surface area contributed by atoms with Crippen LogP contribution in [0, 0.1) is 25.1 Å². The number of carbonyl (C=O) groups is 1. The Hall–Kier alpha value is -2.74. The van der Waals surface area contributed by atoms with Crippen molar-refractivity contribution in [3.8, 4) is 11.1 Å². The van der Waals surface area contributed by atoms with E-state index in [9.17, 15) is 9.18 Å². The summed E-state index contributed by atoms with van der Waals surface area (Å²) in [5.74, 6) is -0.480. The number of nitrogens with one attached hydrogen (secondary N) is 2. The lowest BCUT2D eigenvalue weighted by molar-refractivity contribution is 0.250. The smallest absolute Gasteiger partial charge is 0.319 e. The number of rotatable bonds is 5. The molecule has 0 atom stereocenters. The molecule has 0 aliphatic carbocycles. The van der Waals surface area contributed by atoms with Crippen LogP contribution in [0.1, 0.15) is 38.4 Å². The van der Waals surface area contributed by atoms with Gasteiger partial charge in [-0.15, -0.1) is 0 Å². The van der Waals surface area contributed by atoms with Gasteiger partial charge in [0.2, 0.25) is 0 Å². The molecule has 0 radical (unpaired) electrons. The molecule has 3 aromatic rings. The van der Waals surface area contributed by atoms with Crippen molar-refractivity contribution in [3.63, 3.8) is 0 Å². The van der Waals surface area contributed by atoms with E-state index in [-0.39, 0.29) is 11.1 Å². The summed E-state index contributed by atoms with van der Waals surface area (Å²) in [5, 5.41) is 6.88. The van der Waals surface area contributed by atoms with E-state index in [1.54, 1.807) is 12.3 Å². The molecular weight excluding hydrogens is 413 g/mol. The number of pyridine rings is 1. The highest BCUT2D eigenvalue weighted by Crippen LogP contribution is 2.32. The Labute approximate surface area is 186 Å². The molecule has 2 N–H and O–H groups in total. The summed E-state index contributed by atoms with van der Waals surface area (Å²) in [5.41, 5.74) is 4.03. The van der Waals surface area contributed by atoms with Crippen molar-refractivity contribution in [1.29, 1.82) is 0 Å². The van der Waals surface area contributed by atoms with Crippen molar-refractivity contribution in [2.24, 2.45) is 5.41 Å². The predicted molar refractivity (Wildman–Crippen MR) is 125 cm³/mol. The Morgan fingerprint density at radius 1 is 1.13 bits per heavy atom. The first-order valence-electron chi connectivity index (χ1n) is 10.1. The lowest BCUT2D eigenvalue weighted by Crippen LogP contribution is -2.31. The van der Waals surface area contributed by atoms with Crippen molar-refractivity contribution < 1.29 is 9.18 Å². The molecule has 0 saturated carbocycles. The van der Waals surface area contributed by atoms with E-state index < -0.39 is 11.8 Å². The van der Waals surface area contributed by atoms with E-state index >= 15 is 0 Å². The first-order valence-corrected chi connectivity index (χ1v) is 11.3. The van der Waals surface area contributed by atoms with Gasteiger partial charge in [0.05, 0.1) is 5.69 Å². The number of anilines is 1. The van der Waals surface area contributed by atoms with Gasteiger partial charge in [-0.1, -0.05) is 32.5 Å². The van der Waals surface area contributed by atoms with Crippen LogP contribution >= 0.6 is 11.8 Å². The molecule has 0 unspecified atom stereocenters. The number of benzene rings is 1. The van der Waals surface area contributed by atoms with Crippen LogP contribution in [0.3, 0.4) is 0 Å². The summed E-state index contributed by atoms with van der Waals surface area (Å²) in [6, 6.07) is 4.61.